The largest absolute Gasteiger partial charge is 0.356 e. The quantitative estimate of drug-likeness (QED) is 0.739. The second-order valence-corrected chi connectivity index (χ2v) is 9.32. The van der Waals surface area contributed by atoms with E-state index in [1.807, 2.05) is 10.7 Å². The van der Waals surface area contributed by atoms with Crippen LogP contribution < -0.4 is 5.32 Å². The minimum absolute atomic E-state index is 0.0349. The first-order valence-electron chi connectivity index (χ1n) is 8.68. The van der Waals surface area contributed by atoms with Gasteiger partial charge in [0, 0.05) is 38.1 Å². The fourth-order valence-electron chi connectivity index (χ4n) is 3.06. The first kappa shape index (κ1) is 17.4. The standard InChI is InChI=1S/C16H26N4O3S/c1-2-24(22,23)8-7-19-11-14-5-6-18-20(14)15(12-19)9-16(21)17-10-13-3-4-13/h5-6,13,15H,2-4,7-12H2,1H3,(H,17,21). The molecule has 3 rings (SSSR count). The molecule has 2 aliphatic rings. The Kier molecular flexibility index (Phi) is 5.24. The van der Waals surface area contributed by atoms with Crippen LogP contribution in [0.5, 0.6) is 0 Å². The highest BCUT2D eigenvalue weighted by atomic mass is 32.2. The van der Waals surface area contributed by atoms with Crippen molar-refractivity contribution in [1.29, 1.82) is 0 Å². The molecule has 0 radical (unpaired) electrons. The van der Waals surface area contributed by atoms with E-state index in [1.165, 1.54) is 12.8 Å². The summed E-state index contributed by atoms with van der Waals surface area (Å²) in [5.74, 6) is 1.05. The van der Waals surface area contributed by atoms with E-state index in [-0.39, 0.29) is 23.5 Å². The summed E-state index contributed by atoms with van der Waals surface area (Å²) in [6, 6.07) is 1.91. The number of fused-ring (bicyclic) bond motifs is 1. The van der Waals surface area contributed by atoms with Gasteiger partial charge in [-0.15, -0.1) is 0 Å². The lowest BCUT2D eigenvalue weighted by atomic mass is 10.1. The molecule has 1 aliphatic carbocycles. The van der Waals surface area contributed by atoms with E-state index in [9.17, 15) is 13.2 Å². The number of rotatable bonds is 8. The zero-order chi connectivity index (χ0) is 17.2. The Hall–Kier alpha value is -1.41. The van der Waals surface area contributed by atoms with E-state index in [0.29, 0.717) is 32.0 Å². The van der Waals surface area contributed by atoms with Gasteiger partial charge in [0.25, 0.3) is 0 Å². The third-order valence-electron chi connectivity index (χ3n) is 4.82. The Labute approximate surface area is 143 Å². The van der Waals surface area contributed by atoms with Crippen molar-refractivity contribution in [2.24, 2.45) is 5.92 Å². The number of nitrogens with zero attached hydrogens (tertiary/aromatic N) is 3. The van der Waals surface area contributed by atoms with Crippen molar-refractivity contribution in [3.63, 3.8) is 0 Å². The maximum absolute atomic E-state index is 12.2. The van der Waals surface area contributed by atoms with Gasteiger partial charge >= 0.3 is 0 Å². The van der Waals surface area contributed by atoms with Crippen LogP contribution in [0.1, 0.15) is 37.9 Å². The van der Waals surface area contributed by atoms with E-state index in [4.69, 9.17) is 0 Å². The molecular weight excluding hydrogens is 328 g/mol. The van der Waals surface area contributed by atoms with E-state index >= 15 is 0 Å². The van der Waals surface area contributed by atoms with Gasteiger partial charge in [0.05, 0.1) is 23.9 Å². The molecule has 1 atom stereocenters. The van der Waals surface area contributed by atoms with Gasteiger partial charge in [0.1, 0.15) is 0 Å². The number of sulfone groups is 1. The molecule has 1 aromatic rings. The van der Waals surface area contributed by atoms with Gasteiger partial charge in [0.2, 0.25) is 5.91 Å². The predicted molar refractivity (Wildman–Crippen MR) is 91.2 cm³/mol. The van der Waals surface area contributed by atoms with Crippen LogP contribution in [0.4, 0.5) is 0 Å². The van der Waals surface area contributed by atoms with Gasteiger partial charge in [-0.2, -0.15) is 5.10 Å². The Bertz CT molecular complexity index is 681. The highest BCUT2D eigenvalue weighted by Gasteiger charge is 2.28. The second-order valence-electron chi connectivity index (χ2n) is 6.84. The monoisotopic (exact) mass is 354 g/mol. The van der Waals surface area contributed by atoms with Gasteiger partial charge in [-0.25, -0.2) is 8.42 Å². The smallest absolute Gasteiger partial charge is 0.222 e. The molecule has 0 saturated heterocycles. The summed E-state index contributed by atoms with van der Waals surface area (Å²) in [5.41, 5.74) is 1.04. The van der Waals surface area contributed by atoms with Crippen molar-refractivity contribution in [3.8, 4) is 0 Å². The number of aromatic nitrogens is 2. The van der Waals surface area contributed by atoms with E-state index in [1.54, 1.807) is 13.1 Å². The zero-order valence-electron chi connectivity index (χ0n) is 14.1. The van der Waals surface area contributed by atoms with Crippen LogP contribution in [-0.2, 0) is 21.2 Å². The molecule has 1 saturated carbocycles. The maximum atomic E-state index is 12.2. The lowest BCUT2D eigenvalue weighted by Crippen LogP contribution is -2.42. The Morgan fingerprint density at radius 2 is 2.21 bits per heavy atom. The molecule has 0 spiro atoms. The predicted octanol–water partition coefficient (Wildman–Crippen LogP) is 0.591. The number of hydrogen-bond acceptors (Lipinski definition) is 5. The molecule has 0 aromatic carbocycles. The summed E-state index contributed by atoms with van der Waals surface area (Å²) >= 11 is 0. The number of amides is 1. The lowest BCUT2D eigenvalue weighted by Gasteiger charge is -2.33. The van der Waals surface area contributed by atoms with Crippen LogP contribution in [-0.4, -0.2) is 60.1 Å². The van der Waals surface area contributed by atoms with Crippen molar-refractivity contribution in [1.82, 2.24) is 20.0 Å². The molecule has 24 heavy (non-hydrogen) atoms. The fraction of sp³-hybridized carbons (Fsp3) is 0.750. The van der Waals surface area contributed by atoms with Crippen LogP contribution in [0.3, 0.4) is 0 Å². The van der Waals surface area contributed by atoms with Gasteiger partial charge in [-0.05, 0) is 24.8 Å². The number of carbonyl (C=O) groups excluding carboxylic acids is 1. The van der Waals surface area contributed by atoms with Crippen molar-refractivity contribution in [2.45, 2.75) is 38.8 Å². The molecule has 1 amide bonds. The highest BCUT2D eigenvalue weighted by Crippen LogP contribution is 2.28. The Balaban J connectivity index is 1.59. The van der Waals surface area contributed by atoms with Crippen LogP contribution in [0.15, 0.2) is 12.3 Å². The summed E-state index contributed by atoms with van der Waals surface area (Å²) in [6.07, 6.45) is 4.56. The first-order chi connectivity index (χ1) is 11.5. The average molecular weight is 354 g/mol. The molecule has 2 heterocycles. The molecule has 0 bridgehead atoms. The molecule has 1 unspecified atom stereocenters. The third-order valence-corrected chi connectivity index (χ3v) is 6.50. The van der Waals surface area contributed by atoms with Gasteiger partial charge in [-0.3, -0.25) is 14.4 Å². The number of nitrogens with one attached hydrogen (secondary N) is 1. The summed E-state index contributed by atoms with van der Waals surface area (Å²) in [5, 5.41) is 7.35. The SMILES string of the molecule is CCS(=O)(=O)CCN1Cc2ccnn2C(CC(=O)NCC2CC2)C1. The van der Waals surface area contributed by atoms with Crippen LogP contribution >= 0.6 is 0 Å². The molecular formula is C16H26N4O3S. The average Bonchev–Trinajstić information content (AvgIpc) is 3.27. The summed E-state index contributed by atoms with van der Waals surface area (Å²) in [7, 11) is -2.98. The van der Waals surface area contributed by atoms with Crippen LogP contribution in [0.25, 0.3) is 0 Å². The summed E-state index contributed by atoms with van der Waals surface area (Å²) in [6.45, 7) is 4.29. The molecule has 1 aliphatic heterocycles. The topological polar surface area (TPSA) is 84.3 Å². The lowest BCUT2D eigenvalue weighted by molar-refractivity contribution is -0.122. The minimum atomic E-state index is -2.98. The van der Waals surface area contributed by atoms with Gasteiger partial charge in [0.15, 0.2) is 9.84 Å². The Morgan fingerprint density at radius 1 is 1.42 bits per heavy atom. The van der Waals surface area contributed by atoms with E-state index in [2.05, 4.69) is 15.3 Å². The molecule has 7 nitrogen and oxygen atoms in total. The first-order valence-corrected chi connectivity index (χ1v) is 10.5. The number of carbonyl (C=O) groups is 1. The maximum Gasteiger partial charge on any atom is 0.222 e. The van der Waals surface area contributed by atoms with Gasteiger partial charge in [-0.1, -0.05) is 6.92 Å². The molecule has 134 valence electrons. The molecule has 1 fully saturated rings. The Morgan fingerprint density at radius 3 is 2.92 bits per heavy atom. The summed E-state index contributed by atoms with van der Waals surface area (Å²) in [4.78, 5) is 14.3. The fourth-order valence-corrected chi connectivity index (χ4v) is 3.89. The van der Waals surface area contributed by atoms with Crippen molar-refractivity contribution >= 4 is 15.7 Å². The molecule has 1 aromatic heterocycles. The minimum Gasteiger partial charge on any atom is -0.356 e. The molecule has 1 N–H and O–H groups in total. The van der Waals surface area contributed by atoms with Gasteiger partial charge < -0.3 is 5.32 Å². The number of hydrogen-bond donors (Lipinski definition) is 1. The zero-order valence-corrected chi connectivity index (χ0v) is 15.0. The van der Waals surface area contributed by atoms with Crippen molar-refractivity contribution < 1.29 is 13.2 Å². The van der Waals surface area contributed by atoms with E-state index in [0.717, 1.165) is 12.2 Å². The highest BCUT2D eigenvalue weighted by molar-refractivity contribution is 7.91. The normalized spacial score (nSPS) is 21.5. The van der Waals surface area contributed by atoms with Crippen LogP contribution in [0.2, 0.25) is 0 Å². The molecule has 8 heteroatoms. The van der Waals surface area contributed by atoms with Crippen LogP contribution in [0, 0.1) is 5.92 Å². The van der Waals surface area contributed by atoms with E-state index < -0.39 is 9.84 Å². The van der Waals surface area contributed by atoms with Crippen molar-refractivity contribution in [2.75, 3.05) is 31.1 Å². The third kappa shape index (κ3) is 4.57. The summed E-state index contributed by atoms with van der Waals surface area (Å²) < 4.78 is 25.4. The van der Waals surface area contributed by atoms with Crippen molar-refractivity contribution in [3.05, 3.63) is 18.0 Å². The second kappa shape index (κ2) is 7.23.